The summed E-state index contributed by atoms with van der Waals surface area (Å²) in [5, 5.41) is 7.14. The molecule has 0 unspecified atom stereocenters. The summed E-state index contributed by atoms with van der Waals surface area (Å²) in [5.41, 5.74) is 1.53. The van der Waals surface area contributed by atoms with Crippen LogP contribution < -0.4 is 10.6 Å². The summed E-state index contributed by atoms with van der Waals surface area (Å²) in [7, 11) is 2.06. The van der Waals surface area contributed by atoms with Gasteiger partial charge in [0, 0.05) is 34.1 Å². The standard InChI is InChI=1S/C29H32Cl2N4O3/c1-17(2)27-29(22-8-7-20(31)14-24(22)33-28(29)38)23(18-5-4-6-19(30)13-18)15-26(37)35(27)16-25(36)32-21-9-11-34(3)12-10-21/h4-8,13-14,21,23,27H,1,9-12,15-16H2,2-3H3,(H,32,36)(H,33,38)/t23-,27+,29-/m0/s1. The molecule has 3 atom stereocenters. The minimum absolute atomic E-state index is 0.0428. The highest BCUT2D eigenvalue weighted by Gasteiger charge is 2.63. The minimum Gasteiger partial charge on any atom is -0.352 e. The number of anilines is 1. The normalized spacial score (nSPS) is 25.8. The number of hydrogen-bond acceptors (Lipinski definition) is 4. The number of hydrogen-bond donors (Lipinski definition) is 2. The lowest BCUT2D eigenvalue weighted by Gasteiger charge is -2.51. The predicted molar refractivity (Wildman–Crippen MR) is 150 cm³/mol. The largest absolute Gasteiger partial charge is 0.352 e. The van der Waals surface area contributed by atoms with Crippen molar-refractivity contribution in [2.75, 3.05) is 32.0 Å². The van der Waals surface area contributed by atoms with E-state index in [0.717, 1.165) is 37.1 Å². The van der Waals surface area contributed by atoms with Crippen molar-refractivity contribution in [2.45, 2.75) is 49.6 Å². The lowest BCUT2D eigenvalue weighted by molar-refractivity contribution is -0.147. The van der Waals surface area contributed by atoms with Crippen LogP contribution in [0.25, 0.3) is 0 Å². The van der Waals surface area contributed by atoms with Crippen molar-refractivity contribution in [1.29, 1.82) is 0 Å². The van der Waals surface area contributed by atoms with Crippen molar-refractivity contribution in [3.63, 3.8) is 0 Å². The van der Waals surface area contributed by atoms with E-state index in [1.165, 1.54) is 4.90 Å². The molecule has 2 aromatic carbocycles. The zero-order valence-electron chi connectivity index (χ0n) is 21.6. The van der Waals surface area contributed by atoms with Gasteiger partial charge >= 0.3 is 0 Å². The molecular weight excluding hydrogens is 523 g/mol. The van der Waals surface area contributed by atoms with Gasteiger partial charge < -0.3 is 20.4 Å². The monoisotopic (exact) mass is 554 g/mol. The van der Waals surface area contributed by atoms with Crippen LogP contribution in [0.3, 0.4) is 0 Å². The number of likely N-dealkylation sites (tertiary alicyclic amines) is 2. The maximum Gasteiger partial charge on any atom is 0.239 e. The van der Waals surface area contributed by atoms with E-state index >= 15 is 0 Å². The van der Waals surface area contributed by atoms with Crippen LogP contribution in [0, 0.1) is 0 Å². The molecule has 2 saturated heterocycles. The SMILES string of the molecule is C=C(C)[C@H]1N(CC(=O)NC2CCN(C)CC2)C(=O)C[C@@H](c2cccc(Cl)c2)[C@]12C(=O)Nc1cc(Cl)ccc12. The molecule has 3 aliphatic heterocycles. The Morgan fingerprint density at radius 1 is 1.13 bits per heavy atom. The fraction of sp³-hybridized carbons (Fsp3) is 0.414. The Balaban J connectivity index is 1.58. The Morgan fingerprint density at radius 2 is 1.84 bits per heavy atom. The third-order valence-electron chi connectivity index (χ3n) is 8.16. The van der Waals surface area contributed by atoms with Crippen LogP contribution in [0.4, 0.5) is 5.69 Å². The summed E-state index contributed by atoms with van der Waals surface area (Å²) in [6.07, 6.45) is 1.76. The molecule has 5 rings (SSSR count). The van der Waals surface area contributed by atoms with E-state index in [1.54, 1.807) is 24.3 Å². The molecule has 1 spiro atoms. The summed E-state index contributed by atoms with van der Waals surface area (Å²) in [5.74, 6) is -1.21. The van der Waals surface area contributed by atoms with Gasteiger partial charge in [-0.05, 0) is 75.3 Å². The van der Waals surface area contributed by atoms with E-state index in [4.69, 9.17) is 23.2 Å². The highest BCUT2D eigenvalue weighted by molar-refractivity contribution is 6.31. The molecule has 2 fully saturated rings. The number of nitrogens with one attached hydrogen (secondary N) is 2. The maximum absolute atomic E-state index is 14.1. The Labute approximate surface area is 233 Å². The van der Waals surface area contributed by atoms with Gasteiger partial charge in [0.1, 0.15) is 12.0 Å². The summed E-state index contributed by atoms with van der Waals surface area (Å²) >= 11 is 12.7. The van der Waals surface area contributed by atoms with E-state index in [1.807, 2.05) is 25.1 Å². The molecule has 7 nitrogen and oxygen atoms in total. The van der Waals surface area contributed by atoms with Gasteiger partial charge in [-0.25, -0.2) is 0 Å². The van der Waals surface area contributed by atoms with E-state index < -0.39 is 17.4 Å². The van der Waals surface area contributed by atoms with Gasteiger partial charge in [-0.3, -0.25) is 14.4 Å². The lowest BCUT2D eigenvalue weighted by atomic mass is 9.58. The number of amides is 3. The molecular formula is C29H32Cl2N4O3. The quantitative estimate of drug-likeness (QED) is 0.538. The molecule has 9 heteroatoms. The number of piperidine rings is 2. The molecule has 3 aliphatic rings. The molecule has 2 N–H and O–H groups in total. The number of nitrogens with zero attached hydrogens (tertiary/aromatic N) is 2. The second kappa shape index (κ2) is 10.4. The summed E-state index contributed by atoms with van der Waals surface area (Å²) in [6.45, 7) is 7.70. The second-order valence-electron chi connectivity index (χ2n) is 10.7. The molecule has 200 valence electrons. The van der Waals surface area contributed by atoms with Crippen LogP contribution in [0.1, 0.15) is 43.2 Å². The maximum atomic E-state index is 14.1. The lowest BCUT2D eigenvalue weighted by Crippen LogP contribution is -2.65. The minimum atomic E-state index is -1.21. The highest BCUT2D eigenvalue weighted by atomic mass is 35.5. The zero-order chi connectivity index (χ0) is 27.2. The molecule has 0 aliphatic carbocycles. The molecule has 38 heavy (non-hydrogen) atoms. The molecule has 0 saturated carbocycles. The van der Waals surface area contributed by atoms with Crippen molar-refractivity contribution in [3.8, 4) is 0 Å². The van der Waals surface area contributed by atoms with Crippen LogP contribution in [0.15, 0.2) is 54.6 Å². The first-order chi connectivity index (χ1) is 18.1. The van der Waals surface area contributed by atoms with Gasteiger partial charge in [-0.15, -0.1) is 0 Å². The van der Waals surface area contributed by atoms with E-state index in [2.05, 4.69) is 29.2 Å². The first kappa shape index (κ1) is 26.7. The average Bonchev–Trinajstić information content (AvgIpc) is 3.13. The van der Waals surface area contributed by atoms with Crippen molar-refractivity contribution in [2.24, 2.45) is 0 Å². The highest BCUT2D eigenvalue weighted by Crippen LogP contribution is 2.56. The van der Waals surface area contributed by atoms with Gasteiger partial charge in [-0.2, -0.15) is 0 Å². The van der Waals surface area contributed by atoms with Gasteiger partial charge in [-0.1, -0.05) is 53.6 Å². The fourth-order valence-corrected chi connectivity index (χ4v) is 6.87. The summed E-state index contributed by atoms with van der Waals surface area (Å²) in [4.78, 5) is 44.9. The van der Waals surface area contributed by atoms with E-state index in [-0.39, 0.29) is 36.7 Å². The summed E-state index contributed by atoms with van der Waals surface area (Å²) < 4.78 is 0. The van der Waals surface area contributed by atoms with Crippen molar-refractivity contribution in [3.05, 3.63) is 75.8 Å². The van der Waals surface area contributed by atoms with Gasteiger partial charge in [0.25, 0.3) is 0 Å². The predicted octanol–water partition coefficient (Wildman–Crippen LogP) is 4.35. The van der Waals surface area contributed by atoms with Crippen LogP contribution in [-0.2, 0) is 19.8 Å². The van der Waals surface area contributed by atoms with Crippen LogP contribution >= 0.6 is 23.2 Å². The topological polar surface area (TPSA) is 81.8 Å². The van der Waals surface area contributed by atoms with E-state index in [0.29, 0.717) is 21.3 Å². The van der Waals surface area contributed by atoms with Crippen molar-refractivity contribution < 1.29 is 14.4 Å². The molecule has 3 heterocycles. The summed E-state index contributed by atoms with van der Waals surface area (Å²) in [6, 6.07) is 11.9. The Kier molecular flexibility index (Phi) is 7.29. The fourth-order valence-electron chi connectivity index (χ4n) is 6.50. The Bertz CT molecular complexity index is 1310. The first-order valence-corrected chi connectivity index (χ1v) is 13.7. The van der Waals surface area contributed by atoms with Crippen LogP contribution in [0.2, 0.25) is 10.0 Å². The van der Waals surface area contributed by atoms with Gasteiger partial charge in [0.2, 0.25) is 17.7 Å². The third kappa shape index (κ3) is 4.61. The molecule has 0 aromatic heterocycles. The Hall–Kier alpha value is -2.87. The molecule has 0 radical (unpaired) electrons. The second-order valence-corrected chi connectivity index (χ2v) is 11.6. The van der Waals surface area contributed by atoms with Crippen molar-refractivity contribution >= 4 is 46.6 Å². The molecule has 2 aromatic rings. The Morgan fingerprint density at radius 3 is 2.53 bits per heavy atom. The van der Waals surface area contributed by atoms with Gasteiger partial charge in [0.05, 0.1) is 6.04 Å². The number of benzene rings is 2. The number of halogens is 2. The van der Waals surface area contributed by atoms with Crippen LogP contribution in [0.5, 0.6) is 0 Å². The number of carbonyl (C=O) groups excluding carboxylic acids is 3. The van der Waals surface area contributed by atoms with Gasteiger partial charge in [0.15, 0.2) is 0 Å². The number of carbonyl (C=O) groups is 3. The first-order valence-electron chi connectivity index (χ1n) is 12.9. The van der Waals surface area contributed by atoms with Crippen molar-refractivity contribution in [1.82, 2.24) is 15.1 Å². The number of fused-ring (bicyclic) bond motifs is 2. The molecule has 3 amide bonds. The third-order valence-corrected chi connectivity index (χ3v) is 8.63. The zero-order valence-corrected chi connectivity index (χ0v) is 23.1. The van der Waals surface area contributed by atoms with E-state index in [9.17, 15) is 14.4 Å². The van der Waals surface area contributed by atoms with Crippen LogP contribution in [-0.4, -0.2) is 66.3 Å². The smallest absolute Gasteiger partial charge is 0.239 e. The average molecular weight is 556 g/mol. The number of rotatable bonds is 5. The molecule has 0 bridgehead atoms.